The molecule has 0 aliphatic heterocycles. The van der Waals surface area contributed by atoms with E-state index >= 15 is 0 Å². The summed E-state index contributed by atoms with van der Waals surface area (Å²) in [4.78, 5) is 3.73. The lowest BCUT2D eigenvalue weighted by atomic mass is 9.96. The third kappa shape index (κ3) is 5.10. The van der Waals surface area contributed by atoms with Gasteiger partial charge in [-0.3, -0.25) is 0 Å². The Morgan fingerprint density at radius 1 is 0.519 bits per heavy atom. The number of benzene rings is 7. The number of rotatable bonds is 6. The van der Waals surface area contributed by atoms with Gasteiger partial charge in [-0.2, -0.15) is 5.26 Å². The fourth-order valence-corrected chi connectivity index (χ4v) is 8.99. The second kappa shape index (κ2) is 11.8. The van der Waals surface area contributed by atoms with Gasteiger partial charge in [0.05, 0.1) is 28.2 Å². The first-order valence-corrected chi connectivity index (χ1v) is 21.1. The first-order chi connectivity index (χ1) is 25.0. The monoisotopic (exact) mass is 693 g/mol. The van der Waals surface area contributed by atoms with E-state index in [1.54, 1.807) is 0 Å². The van der Waals surface area contributed by atoms with Crippen molar-refractivity contribution >= 4 is 86.7 Å². The zero-order chi connectivity index (χ0) is 36.1. The van der Waals surface area contributed by atoms with Crippen LogP contribution in [0.5, 0.6) is 0 Å². The van der Waals surface area contributed by atoms with Crippen LogP contribution in [-0.2, 0) is 0 Å². The van der Waals surface area contributed by atoms with Crippen LogP contribution in [-0.4, -0.2) is 23.2 Å². The number of anilines is 3. The van der Waals surface area contributed by atoms with Crippen LogP contribution in [0.15, 0.2) is 126 Å². The second-order valence-corrected chi connectivity index (χ2v) is 20.0. The summed E-state index contributed by atoms with van der Waals surface area (Å²) < 4.78 is 2.51. The van der Waals surface area contributed by atoms with Crippen LogP contribution < -0.4 is 4.90 Å². The Balaban J connectivity index is 1.40. The molecule has 7 aromatic carbocycles. The SMILES string of the molecule is CC(C)c1ccc2cc3c(cc2c1)c1cc(N(c2ccc(C#N)cc2)c2ccc(S(C)(C)C)cc2)cc2c4cc5cc(C(C)C)ccc5cc4n3c12. The fraction of sp³-hybridized carbons (Fsp3) is 0.188. The van der Waals surface area contributed by atoms with Crippen molar-refractivity contribution in [3.63, 3.8) is 0 Å². The van der Waals surface area contributed by atoms with Crippen molar-refractivity contribution in [3.8, 4) is 6.07 Å². The topological polar surface area (TPSA) is 31.4 Å². The van der Waals surface area contributed by atoms with E-state index in [0.717, 1.165) is 17.1 Å². The van der Waals surface area contributed by atoms with Gasteiger partial charge in [-0.05, 0) is 153 Å². The van der Waals surface area contributed by atoms with Gasteiger partial charge in [0.15, 0.2) is 0 Å². The van der Waals surface area contributed by atoms with Gasteiger partial charge in [0.25, 0.3) is 0 Å². The van der Waals surface area contributed by atoms with Crippen LogP contribution in [0, 0.1) is 11.3 Å². The van der Waals surface area contributed by atoms with Crippen LogP contribution in [0.25, 0.3) is 59.6 Å². The number of aromatic nitrogens is 1. The number of hydrogen-bond acceptors (Lipinski definition) is 2. The molecule has 256 valence electrons. The number of hydrogen-bond donors (Lipinski definition) is 0. The van der Waals surface area contributed by atoms with Gasteiger partial charge in [0, 0.05) is 38.6 Å². The maximum atomic E-state index is 9.65. The number of nitrogens with zero attached hydrogens (tertiary/aromatic N) is 3. The van der Waals surface area contributed by atoms with Crippen molar-refractivity contribution in [2.24, 2.45) is 0 Å². The maximum absolute atomic E-state index is 9.65. The van der Waals surface area contributed by atoms with Gasteiger partial charge in [-0.15, -0.1) is 0 Å². The van der Waals surface area contributed by atoms with Gasteiger partial charge in [0.2, 0.25) is 0 Å². The van der Waals surface area contributed by atoms with E-state index in [1.165, 1.54) is 75.7 Å². The summed E-state index contributed by atoms with van der Waals surface area (Å²) in [6.45, 7) is 9.06. The third-order valence-electron chi connectivity index (χ3n) is 11.0. The fourth-order valence-electron chi connectivity index (χ4n) is 8.03. The highest BCUT2D eigenvalue weighted by Crippen LogP contribution is 2.48. The molecule has 2 heterocycles. The van der Waals surface area contributed by atoms with Crippen molar-refractivity contribution in [1.82, 2.24) is 4.40 Å². The minimum absolute atomic E-state index is 0.460. The molecule has 0 amide bonds. The molecule has 0 aliphatic rings. The van der Waals surface area contributed by atoms with Crippen LogP contribution in [0.1, 0.15) is 56.2 Å². The molecule has 3 nitrogen and oxygen atoms in total. The maximum Gasteiger partial charge on any atom is 0.0991 e. The molecule has 0 spiro atoms. The van der Waals surface area contributed by atoms with E-state index in [0.29, 0.717) is 17.4 Å². The lowest BCUT2D eigenvalue weighted by Crippen LogP contribution is -2.10. The molecule has 0 saturated heterocycles. The predicted molar refractivity (Wildman–Crippen MR) is 227 cm³/mol. The summed E-state index contributed by atoms with van der Waals surface area (Å²) >= 11 is 0. The molecule has 9 rings (SSSR count). The van der Waals surface area contributed by atoms with Gasteiger partial charge in [-0.25, -0.2) is 10.0 Å². The van der Waals surface area contributed by atoms with Crippen molar-refractivity contribution < 1.29 is 0 Å². The molecule has 52 heavy (non-hydrogen) atoms. The Bertz CT molecular complexity index is 2750. The smallest absolute Gasteiger partial charge is 0.0991 e. The first-order valence-electron chi connectivity index (χ1n) is 18.2. The minimum atomic E-state index is -0.877. The molecule has 4 heteroatoms. The van der Waals surface area contributed by atoms with E-state index < -0.39 is 10.0 Å². The molecular formula is C48H43N3S. The Hall–Kier alpha value is -5.50. The quantitative estimate of drug-likeness (QED) is 0.174. The van der Waals surface area contributed by atoms with E-state index in [9.17, 15) is 5.26 Å². The highest BCUT2D eigenvalue weighted by Gasteiger charge is 2.23. The predicted octanol–water partition coefficient (Wildman–Crippen LogP) is 13.8. The molecule has 0 N–H and O–H groups in total. The molecule has 2 aromatic heterocycles. The van der Waals surface area contributed by atoms with Gasteiger partial charge < -0.3 is 9.30 Å². The van der Waals surface area contributed by atoms with Gasteiger partial charge >= 0.3 is 0 Å². The van der Waals surface area contributed by atoms with Crippen LogP contribution in [0.2, 0.25) is 0 Å². The minimum Gasteiger partial charge on any atom is -0.310 e. The highest BCUT2D eigenvalue weighted by atomic mass is 32.3. The van der Waals surface area contributed by atoms with Crippen molar-refractivity contribution in [1.29, 1.82) is 5.26 Å². The lowest BCUT2D eigenvalue weighted by molar-refractivity contribution is 0.869. The summed E-state index contributed by atoms with van der Waals surface area (Å²) in [6, 6.07) is 47.7. The van der Waals surface area contributed by atoms with E-state index in [4.69, 9.17) is 0 Å². The second-order valence-electron chi connectivity index (χ2n) is 15.8. The van der Waals surface area contributed by atoms with Crippen LogP contribution in [0.3, 0.4) is 0 Å². The Labute approximate surface area is 307 Å². The summed E-state index contributed by atoms with van der Waals surface area (Å²) in [5.41, 5.74) is 10.3. The zero-order valence-corrected chi connectivity index (χ0v) is 31.8. The van der Waals surface area contributed by atoms with Crippen molar-refractivity contribution in [3.05, 3.63) is 138 Å². The first kappa shape index (κ1) is 32.4. The Morgan fingerprint density at radius 3 is 1.44 bits per heavy atom. The Kier molecular flexibility index (Phi) is 7.33. The summed E-state index contributed by atoms with van der Waals surface area (Å²) in [5.74, 6) is 0.921. The van der Waals surface area contributed by atoms with E-state index in [2.05, 4.69) is 171 Å². The number of nitriles is 1. The number of fused-ring (bicyclic) bond motifs is 8. The van der Waals surface area contributed by atoms with E-state index in [-0.39, 0.29) is 0 Å². The van der Waals surface area contributed by atoms with Crippen molar-refractivity contribution in [2.75, 3.05) is 23.7 Å². The van der Waals surface area contributed by atoms with E-state index in [1.807, 2.05) is 12.1 Å². The largest absolute Gasteiger partial charge is 0.310 e. The zero-order valence-electron chi connectivity index (χ0n) is 31.0. The standard InChI is InChI=1S/C48H43N3S/c1-29(2)32-10-12-34-24-46-42(22-36(34)20-32)44-26-40(50(38-14-8-31(28-49)9-15-38)39-16-18-41(19-17-39)52(5,6)7)27-45-43-23-37-21-33(30(3)4)11-13-35(37)25-47(43)51(46)48(44)45/h8-27,29-30H,1-7H3. The van der Waals surface area contributed by atoms with Gasteiger partial charge in [0.1, 0.15) is 0 Å². The summed E-state index contributed by atoms with van der Waals surface area (Å²) in [5, 5.41) is 19.7. The molecule has 0 radical (unpaired) electrons. The molecule has 0 bridgehead atoms. The highest BCUT2D eigenvalue weighted by molar-refractivity contribution is 8.32. The lowest BCUT2D eigenvalue weighted by Gasteiger charge is -2.29. The van der Waals surface area contributed by atoms with Crippen LogP contribution in [0.4, 0.5) is 17.1 Å². The summed E-state index contributed by atoms with van der Waals surface area (Å²) in [6.07, 6.45) is 7.01. The average Bonchev–Trinajstić information content (AvgIpc) is 3.63. The molecule has 0 unspecified atom stereocenters. The summed E-state index contributed by atoms with van der Waals surface area (Å²) in [7, 11) is -0.877. The normalized spacial score (nSPS) is 12.8. The molecule has 9 aromatic rings. The molecule has 0 fully saturated rings. The van der Waals surface area contributed by atoms with Crippen LogP contribution >= 0.6 is 10.0 Å². The van der Waals surface area contributed by atoms with Crippen molar-refractivity contribution in [2.45, 2.75) is 44.4 Å². The molecule has 0 atom stereocenters. The Morgan fingerprint density at radius 2 is 1.00 bits per heavy atom. The molecule has 0 aliphatic carbocycles. The van der Waals surface area contributed by atoms with Gasteiger partial charge in [-0.1, -0.05) is 64.1 Å². The molecule has 0 saturated carbocycles. The molecular weight excluding hydrogens is 651 g/mol. The third-order valence-corrected chi connectivity index (χ3v) is 12.7. The average molecular weight is 694 g/mol.